The van der Waals surface area contributed by atoms with Gasteiger partial charge >= 0.3 is 0 Å². The third-order valence-electron chi connectivity index (χ3n) is 6.07. The van der Waals surface area contributed by atoms with Crippen LogP contribution in [0.1, 0.15) is 33.2 Å². The van der Waals surface area contributed by atoms with Crippen molar-refractivity contribution < 1.29 is 4.79 Å². The summed E-state index contributed by atoms with van der Waals surface area (Å²) in [7, 11) is 1.88. The standard InChI is InChI=1S/C28H24N6O/c1-34-18-23(17-31-34)22-11-12-24-25(15-22)32-33-27(24)28(35)26(21-5-3-2-4-6-21)30-14-13-19-7-9-20(16-29)10-8-19/h2-12,15,17-18,26,30H,13-14H2,1H3,(H,32,33)/t26-/m1/s1. The summed E-state index contributed by atoms with van der Waals surface area (Å²) in [6.45, 7) is 0.602. The van der Waals surface area contributed by atoms with Crippen molar-refractivity contribution in [3.8, 4) is 17.2 Å². The summed E-state index contributed by atoms with van der Waals surface area (Å²) in [5.41, 5.74) is 5.86. The predicted octanol–water partition coefficient (Wildman–Crippen LogP) is 4.59. The first-order valence-electron chi connectivity index (χ1n) is 11.4. The highest BCUT2D eigenvalue weighted by atomic mass is 16.1. The number of nitrogens with one attached hydrogen (secondary N) is 2. The molecule has 0 bridgehead atoms. The summed E-state index contributed by atoms with van der Waals surface area (Å²) in [6, 6.07) is 24.7. The van der Waals surface area contributed by atoms with E-state index < -0.39 is 6.04 Å². The van der Waals surface area contributed by atoms with Crippen LogP contribution in [0.2, 0.25) is 0 Å². The number of aromatic nitrogens is 4. The molecule has 2 N–H and O–H groups in total. The van der Waals surface area contributed by atoms with Gasteiger partial charge in [0.2, 0.25) is 5.78 Å². The molecule has 0 saturated carbocycles. The fraction of sp³-hybridized carbons (Fsp3) is 0.143. The second-order valence-electron chi connectivity index (χ2n) is 8.46. The zero-order valence-electron chi connectivity index (χ0n) is 19.3. The van der Waals surface area contributed by atoms with Crippen molar-refractivity contribution in [2.45, 2.75) is 12.5 Å². The van der Waals surface area contributed by atoms with E-state index in [2.05, 4.69) is 26.7 Å². The number of nitriles is 1. The van der Waals surface area contributed by atoms with Gasteiger partial charge in [0.15, 0.2) is 0 Å². The van der Waals surface area contributed by atoms with Gasteiger partial charge in [-0.3, -0.25) is 14.6 Å². The van der Waals surface area contributed by atoms with Crippen LogP contribution >= 0.6 is 0 Å². The minimum atomic E-state index is -0.529. The highest BCUT2D eigenvalue weighted by Crippen LogP contribution is 2.27. The number of carbonyl (C=O) groups excluding carboxylic acids is 1. The lowest BCUT2D eigenvalue weighted by Crippen LogP contribution is -2.30. The van der Waals surface area contributed by atoms with Gasteiger partial charge in [-0.2, -0.15) is 15.5 Å². The summed E-state index contributed by atoms with van der Waals surface area (Å²) in [6.07, 6.45) is 4.50. The van der Waals surface area contributed by atoms with Gasteiger partial charge < -0.3 is 5.32 Å². The first-order valence-corrected chi connectivity index (χ1v) is 11.4. The topological polar surface area (TPSA) is 99.4 Å². The molecule has 0 spiro atoms. The molecule has 1 atom stereocenters. The van der Waals surface area contributed by atoms with Crippen LogP contribution in [0, 0.1) is 11.3 Å². The third-order valence-corrected chi connectivity index (χ3v) is 6.07. The van der Waals surface area contributed by atoms with Crippen molar-refractivity contribution >= 4 is 16.7 Å². The van der Waals surface area contributed by atoms with E-state index in [4.69, 9.17) is 5.26 Å². The highest BCUT2D eigenvalue weighted by Gasteiger charge is 2.25. The molecule has 5 rings (SSSR count). The number of benzene rings is 3. The van der Waals surface area contributed by atoms with Crippen LogP contribution in [0.25, 0.3) is 22.0 Å². The molecule has 2 aromatic heterocycles. The first kappa shape index (κ1) is 22.3. The molecule has 5 aromatic rings. The lowest BCUT2D eigenvalue weighted by Gasteiger charge is -2.17. The van der Waals surface area contributed by atoms with Crippen molar-refractivity contribution in [2.24, 2.45) is 7.05 Å². The molecule has 0 aliphatic carbocycles. The molecule has 3 aromatic carbocycles. The maximum absolute atomic E-state index is 13.7. The Morgan fingerprint density at radius 3 is 2.60 bits per heavy atom. The molecule has 0 saturated heterocycles. The lowest BCUT2D eigenvalue weighted by molar-refractivity contribution is 0.0939. The van der Waals surface area contributed by atoms with E-state index >= 15 is 0 Å². The van der Waals surface area contributed by atoms with E-state index in [0.29, 0.717) is 17.8 Å². The van der Waals surface area contributed by atoms with Crippen molar-refractivity contribution in [1.82, 2.24) is 25.3 Å². The highest BCUT2D eigenvalue weighted by molar-refractivity contribution is 6.09. The molecule has 0 aliphatic rings. The van der Waals surface area contributed by atoms with Crippen molar-refractivity contribution in [1.29, 1.82) is 5.26 Å². The van der Waals surface area contributed by atoms with Crippen LogP contribution in [0.15, 0.2) is 85.2 Å². The number of H-pyrrole nitrogens is 1. The number of hydrogen-bond acceptors (Lipinski definition) is 5. The molecule has 7 nitrogen and oxygen atoms in total. The van der Waals surface area contributed by atoms with Crippen molar-refractivity contribution in [3.05, 3.63) is 108 Å². The summed E-state index contributed by atoms with van der Waals surface area (Å²) in [5, 5.41) is 24.9. The molecule has 0 fully saturated rings. The van der Waals surface area contributed by atoms with E-state index in [9.17, 15) is 4.79 Å². The summed E-state index contributed by atoms with van der Waals surface area (Å²) in [4.78, 5) is 13.7. The van der Waals surface area contributed by atoms with Crippen LogP contribution in [0.5, 0.6) is 0 Å². The van der Waals surface area contributed by atoms with Crippen LogP contribution in [0.4, 0.5) is 0 Å². The van der Waals surface area contributed by atoms with Gasteiger partial charge in [-0.05, 0) is 47.4 Å². The smallest absolute Gasteiger partial charge is 0.205 e. The van der Waals surface area contributed by atoms with Gasteiger partial charge in [0.05, 0.1) is 29.4 Å². The van der Waals surface area contributed by atoms with Crippen LogP contribution in [0.3, 0.4) is 0 Å². The van der Waals surface area contributed by atoms with Gasteiger partial charge in [-0.1, -0.05) is 48.5 Å². The molecular weight excluding hydrogens is 436 g/mol. The average Bonchev–Trinajstić information content (AvgIpc) is 3.53. The normalized spacial score (nSPS) is 11.9. The Morgan fingerprint density at radius 2 is 1.89 bits per heavy atom. The van der Waals surface area contributed by atoms with E-state index in [-0.39, 0.29) is 5.78 Å². The SMILES string of the molecule is Cn1cc(-c2ccc3c(C(=O)[C@H](NCCc4ccc(C#N)cc4)c4ccccc4)n[nH]c3c2)cn1. The van der Waals surface area contributed by atoms with Gasteiger partial charge in [-0.15, -0.1) is 0 Å². The fourth-order valence-corrected chi connectivity index (χ4v) is 4.21. The monoisotopic (exact) mass is 460 g/mol. The zero-order chi connectivity index (χ0) is 24.2. The molecule has 2 heterocycles. The molecule has 35 heavy (non-hydrogen) atoms. The Morgan fingerprint density at radius 1 is 1.09 bits per heavy atom. The van der Waals surface area contributed by atoms with Crippen molar-refractivity contribution in [2.75, 3.05) is 6.54 Å². The quantitative estimate of drug-likeness (QED) is 0.330. The van der Waals surface area contributed by atoms with Crippen molar-refractivity contribution in [3.63, 3.8) is 0 Å². The van der Waals surface area contributed by atoms with E-state index in [1.165, 1.54) is 0 Å². The fourth-order valence-electron chi connectivity index (χ4n) is 4.21. The van der Waals surface area contributed by atoms with Crippen LogP contribution in [-0.4, -0.2) is 32.3 Å². The van der Waals surface area contributed by atoms with Crippen LogP contribution in [-0.2, 0) is 13.5 Å². The third kappa shape index (κ3) is 4.74. The molecule has 0 radical (unpaired) electrons. The van der Waals surface area contributed by atoms with Gasteiger partial charge in [0.1, 0.15) is 5.69 Å². The summed E-state index contributed by atoms with van der Waals surface area (Å²) in [5.74, 6) is -0.0867. The number of Topliss-reactive ketones (excluding diaryl/α,β-unsaturated/α-hetero) is 1. The summed E-state index contributed by atoms with van der Waals surface area (Å²) >= 11 is 0. The Kier molecular flexibility index (Phi) is 6.20. The second-order valence-corrected chi connectivity index (χ2v) is 8.46. The lowest BCUT2D eigenvalue weighted by atomic mass is 9.98. The molecule has 0 aliphatic heterocycles. The van der Waals surface area contributed by atoms with E-state index in [1.807, 2.05) is 92.2 Å². The number of nitrogens with zero attached hydrogens (tertiary/aromatic N) is 4. The van der Waals surface area contributed by atoms with E-state index in [0.717, 1.165) is 39.6 Å². The Bertz CT molecular complexity index is 1510. The first-order chi connectivity index (χ1) is 17.1. The average molecular weight is 461 g/mol. The maximum atomic E-state index is 13.7. The Labute approximate surface area is 203 Å². The molecule has 7 heteroatoms. The van der Waals surface area contributed by atoms with Crippen LogP contribution < -0.4 is 5.32 Å². The minimum Gasteiger partial charge on any atom is -0.303 e. The zero-order valence-corrected chi connectivity index (χ0v) is 19.3. The number of fused-ring (bicyclic) bond motifs is 1. The Hall–Kier alpha value is -4.54. The van der Waals surface area contributed by atoms with Gasteiger partial charge in [0.25, 0.3) is 0 Å². The minimum absolute atomic E-state index is 0.0867. The summed E-state index contributed by atoms with van der Waals surface area (Å²) < 4.78 is 1.76. The predicted molar refractivity (Wildman–Crippen MR) is 135 cm³/mol. The van der Waals surface area contributed by atoms with Gasteiger partial charge in [-0.25, -0.2) is 0 Å². The van der Waals surface area contributed by atoms with E-state index in [1.54, 1.807) is 4.68 Å². The molecular formula is C28H24N6O. The molecule has 0 unspecified atom stereocenters. The number of aryl methyl sites for hydroxylation is 1. The molecule has 0 amide bonds. The number of carbonyl (C=O) groups is 1. The Balaban J connectivity index is 1.39. The number of ketones is 1. The second kappa shape index (κ2) is 9.75. The molecule has 172 valence electrons. The van der Waals surface area contributed by atoms with Gasteiger partial charge in [0, 0.05) is 30.7 Å². The number of rotatable bonds is 8. The number of hydrogen-bond donors (Lipinski definition) is 2. The maximum Gasteiger partial charge on any atom is 0.205 e. The largest absolute Gasteiger partial charge is 0.303 e. The number of aromatic amines is 1.